The number of aliphatic hydroxyl groups excluding tert-OH is 2. The zero-order valence-electron chi connectivity index (χ0n) is 13.9. The third kappa shape index (κ3) is 4.98. The highest BCUT2D eigenvalue weighted by Gasteiger charge is 2.23. The second-order valence-corrected chi connectivity index (χ2v) is 4.72. The predicted octanol–water partition coefficient (Wildman–Crippen LogP) is 0.780. The van der Waals surface area contributed by atoms with E-state index in [0.717, 1.165) is 0 Å². The molecule has 0 fully saturated rings. The summed E-state index contributed by atoms with van der Waals surface area (Å²) in [6.45, 7) is 1.72. The van der Waals surface area contributed by atoms with Crippen LogP contribution in [0.3, 0.4) is 0 Å². The maximum atomic E-state index is 12.1. The summed E-state index contributed by atoms with van der Waals surface area (Å²) >= 11 is 0. The van der Waals surface area contributed by atoms with Crippen LogP contribution in [0, 0.1) is 11.3 Å². The Morgan fingerprint density at radius 2 is 1.79 bits per heavy atom. The number of nitriles is 1. The first-order valence-electron chi connectivity index (χ1n) is 7.55. The van der Waals surface area contributed by atoms with Crippen molar-refractivity contribution in [2.75, 3.05) is 40.0 Å². The maximum Gasteiger partial charge on any atom is 0.351 e. The standard InChI is InChI=1S/C17H22N2O5/c1-3-24-17(22)15(12-18)16(19(8-10-20)9-11-21)13-4-6-14(23-2)7-5-13/h4-7,20-21H,3,8-11H2,1-2H3/b16-15-. The number of benzene rings is 1. The van der Waals surface area contributed by atoms with Crippen molar-refractivity contribution in [1.82, 2.24) is 4.90 Å². The number of ether oxygens (including phenoxy) is 2. The van der Waals surface area contributed by atoms with E-state index >= 15 is 0 Å². The molecule has 0 saturated heterocycles. The van der Waals surface area contributed by atoms with Gasteiger partial charge in [0.05, 0.1) is 32.6 Å². The largest absolute Gasteiger partial charge is 0.497 e. The Labute approximate surface area is 141 Å². The lowest BCUT2D eigenvalue weighted by Gasteiger charge is -2.27. The molecule has 0 atom stereocenters. The average molecular weight is 334 g/mol. The Kier molecular flexibility index (Phi) is 8.33. The molecule has 0 amide bonds. The van der Waals surface area contributed by atoms with E-state index in [1.54, 1.807) is 36.1 Å². The van der Waals surface area contributed by atoms with Gasteiger partial charge in [0, 0.05) is 13.1 Å². The number of hydrogen-bond donors (Lipinski definition) is 2. The molecule has 0 unspecified atom stereocenters. The number of carbonyl (C=O) groups is 1. The Morgan fingerprint density at radius 1 is 1.21 bits per heavy atom. The first-order chi connectivity index (χ1) is 11.6. The van der Waals surface area contributed by atoms with Gasteiger partial charge in [-0.05, 0) is 36.8 Å². The smallest absolute Gasteiger partial charge is 0.351 e. The van der Waals surface area contributed by atoms with E-state index in [2.05, 4.69) is 0 Å². The molecule has 0 aliphatic rings. The summed E-state index contributed by atoms with van der Waals surface area (Å²) in [5, 5.41) is 28.0. The summed E-state index contributed by atoms with van der Waals surface area (Å²) in [5.74, 6) is -0.115. The summed E-state index contributed by atoms with van der Waals surface area (Å²) in [5.41, 5.74) is 0.716. The Morgan fingerprint density at radius 3 is 2.21 bits per heavy atom. The molecule has 130 valence electrons. The van der Waals surface area contributed by atoms with Crippen LogP contribution in [0.5, 0.6) is 5.75 Å². The Hall–Kier alpha value is -2.56. The molecule has 0 heterocycles. The van der Waals surface area contributed by atoms with Crippen molar-refractivity contribution in [3.05, 3.63) is 35.4 Å². The number of nitrogens with zero attached hydrogens (tertiary/aromatic N) is 2. The second kappa shape index (κ2) is 10.3. The summed E-state index contributed by atoms with van der Waals surface area (Å²) in [7, 11) is 1.54. The van der Waals surface area contributed by atoms with Crippen molar-refractivity contribution in [1.29, 1.82) is 5.26 Å². The van der Waals surface area contributed by atoms with E-state index in [-0.39, 0.29) is 38.5 Å². The van der Waals surface area contributed by atoms with Gasteiger partial charge in [-0.3, -0.25) is 0 Å². The summed E-state index contributed by atoms with van der Waals surface area (Å²) in [6.07, 6.45) is 0. The van der Waals surface area contributed by atoms with Crippen molar-refractivity contribution in [3.8, 4) is 11.8 Å². The SMILES string of the molecule is CCOC(=O)/C(C#N)=C(/c1ccc(OC)cc1)N(CCO)CCO. The minimum Gasteiger partial charge on any atom is -0.497 e. The molecule has 1 aromatic rings. The van der Waals surface area contributed by atoms with E-state index in [4.69, 9.17) is 9.47 Å². The Bertz CT molecular complexity index is 598. The van der Waals surface area contributed by atoms with Crippen LogP contribution in [-0.2, 0) is 9.53 Å². The van der Waals surface area contributed by atoms with Gasteiger partial charge in [-0.1, -0.05) is 0 Å². The molecule has 7 heteroatoms. The summed E-state index contributed by atoms with van der Waals surface area (Å²) in [4.78, 5) is 13.7. The van der Waals surface area contributed by atoms with Crippen LogP contribution in [0.25, 0.3) is 5.70 Å². The molecule has 1 aromatic carbocycles. The van der Waals surface area contributed by atoms with E-state index in [1.807, 2.05) is 6.07 Å². The van der Waals surface area contributed by atoms with Gasteiger partial charge in [0.2, 0.25) is 0 Å². The van der Waals surface area contributed by atoms with Crippen LogP contribution in [0.1, 0.15) is 12.5 Å². The van der Waals surface area contributed by atoms with E-state index in [1.165, 1.54) is 7.11 Å². The van der Waals surface area contributed by atoms with E-state index in [9.17, 15) is 20.3 Å². The van der Waals surface area contributed by atoms with Gasteiger partial charge in [0.15, 0.2) is 5.57 Å². The van der Waals surface area contributed by atoms with Crippen molar-refractivity contribution >= 4 is 11.7 Å². The molecule has 0 spiro atoms. The normalized spacial score (nSPS) is 11.3. The molecule has 0 saturated carbocycles. The lowest BCUT2D eigenvalue weighted by molar-refractivity contribution is -0.138. The molecular weight excluding hydrogens is 312 g/mol. The van der Waals surface area contributed by atoms with Crippen LogP contribution in [0.15, 0.2) is 29.8 Å². The highest BCUT2D eigenvalue weighted by atomic mass is 16.5. The molecule has 2 N–H and O–H groups in total. The molecule has 0 aliphatic heterocycles. The van der Waals surface area contributed by atoms with Crippen LogP contribution in [-0.4, -0.2) is 61.1 Å². The van der Waals surface area contributed by atoms with Gasteiger partial charge in [-0.25, -0.2) is 4.79 Å². The number of rotatable bonds is 9. The topological polar surface area (TPSA) is 103 Å². The zero-order chi connectivity index (χ0) is 17.9. The first-order valence-corrected chi connectivity index (χ1v) is 7.55. The molecule has 0 aromatic heterocycles. The first kappa shape index (κ1) is 19.5. The fourth-order valence-electron chi connectivity index (χ4n) is 2.21. The van der Waals surface area contributed by atoms with Crippen LogP contribution in [0.2, 0.25) is 0 Å². The maximum absolute atomic E-state index is 12.1. The quantitative estimate of drug-likeness (QED) is 0.391. The van der Waals surface area contributed by atoms with Crippen molar-refractivity contribution in [3.63, 3.8) is 0 Å². The number of carbonyl (C=O) groups excluding carboxylic acids is 1. The summed E-state index contributed by atoms with van der Waals surface area (Å²) < 4.78 is 10.1. The summed E-state index contributed by atoms with van der Waals surface area (Å²) in [6, 6.07) is 8.68. The lowest BCUT2D eigenvalue weighted by atomic mass is 10.0. The van der Waals surface area contributed by atoms with Gasteiger partial charge in [0.1, 0.15) is 11.8 Å². The molecular formula is C17H22N2O5. The minimum atomic E-state index is -0.744. The monoisotopic (exact) mass is 334 g/mol. The third-order valence-corrected chi connectivity index (χ3v) is 3.25. The molecule has 24 heavy (non-hydrogen) atoms. The number of methoxy groups -OCH3 is 1. The van der Waals surface area contributed by atoms with Gasteiger partial charge in [-0.2, -0.15) is 5.26 Å². The van der Waals surface area contributed by atoms with Crippen molar-refractivity contribution in [2.24, 2.45) is 0 Å². The fraction of sp³-hybridized carbons (Fsp3) is 0.412. The number of aliphatic hydroxyl groups is 2. The lowest BCUT2D eigenvalue weighted by Crippen LogP contribution is -2.30. The minimum absolute atomic E-state index is 0.139. The van der Waals surface area contributed by atoms with Crippen LogP contribution >= 0.6 is 0 Å². The van der Waals surface area contributed by atoms with Gasteiger partial charge < -0.3 is 24.6 Å². The van der Waals surface area contributed by atoms with Gasteiger partial charge >= 0.3 is 5.97 Å². The van der Waals surface area contributed by atoms with E-state index < -0.39 is 5.97 Å². The highest BCUT2D eigenvalue weighted by Crippen LogP contribution is 2.26. The average Bonchev–Trinajstić information content (AvgIpc) is 2.60. The third-order valence-electron chi connectivity index (χ3n) is 3.25. The molecule has 0 bridgehead atoms. The number of hydrogen-bond acceptors (Lipinski definition) is 7. The Balaban J connectivity index is 3.47. The predicted molar refractivity (Wildman–Crippen MR) is 87.9 cm³/mol. The van der Waals surface area contributed by atoms with Gasteiger partial charge in [-0.15, -0.1) is 0 Å². The van der Waals surface area contributed by atoms with Crippen molar-refractivity contribution in [2.45, 2.75) is 6.92 Å². The molecule has 7 nitrogen and oxygen atoms in total. The van der Waals surface area contributed by atoms with Crippen molar-refractivity contribution < 1.29 is 24.5 Å². The van der Waals surface area contributed by atoms with Gasteiger partial charge in [0.25, 0.3) is 0 Å². The molecule has 0 radical (unpaired) electrons. The number of esters is 1. The molecule has 0 aliphatic carbocycles. The molecule has 1 rings (SSSR count). The van der Waals surface area contributed by atoms with Crippen LogP contribution in [0.4, 0.5) is 0 Å². The zero-order valence-corrected chi connectivity index (χ0v) is 13.9. The van der Waals surface area contributed by atoms with Crippen LogP contribution < -0.4 is 4.74 Å². The fourth-order valence-corrected chi connectivity index (χ4v) is 2.21. The second-order valence-electron chi connectivity index (χ2n) is 4.72. The highest BCUT2D eigenvalue weighted by molar-refractivity contribution is 6.01. The van der Waals surface area contributed by atoms with E-state index in [0.29, 0.717) is 17.0 Å².